The Morgan fingerprint density at radius 3 is 2.72 bits per heavy atom. The Bertz CT molecular complexity index is 373. The summed E-state index contributed by atoms with van der Waals surface area (Å²) in [5.74, 6) is 0. The normalized spacial score (nSPS) is 16.3. The zero-order valence-corrected chi connectivity index (χ0v) is 12.6. The molecule has 0 aliphatic heterocycles. The third-order valence-electron chi connectivity index (χ3n) is 3.40. The molecule has 102 valence electrons. The first-order chi connectivity index (χ1) is 8.50. The predicted molar refractivity (Wildman–Crippen MR) is 77.5 cm³/mol. The molecule has 0 fully saturated rings. The Hall–Kier alpha value is -0.420. The highest BCUT2D eigenvalue weighted by Crippen LogP contribution is 2.20. The van der Waals surface area contributed by atoms with Crippen molar-refractivity contribution in [1.82, 2.24) is 5.32 Å². The monoisotopic (exact) mass is 315 g/mol. The first kappa shape index (κ1) is 15.6. The molecule has 0 aromatic heterocycles. The zero-order chi connectivity index (χ0) is 13.6. The lowest BCUT2D eigenvalue weighted by Gasteiger charge is -2.30. The third-order valence-corrected chi connectivity index (χ3v) is 3.89. The van der Waals surface area contributed by atoms with E-state index in [-0.39, 0.29) is 12.1 Å². The van der Waals surface area contributed by atoms with Crippen LogP contribution in [0.5, 0.6) is 0 Å². The van der Waals surface area contributed by atoms with Crippen LogP contribution in [0.2, 0.25) is 0 Å². The number of nitrogens with one attached hydrogen (secondary N) is 1. The number of aliphatic hydroxyl groups excluding tert-OH is 2. The van der Waals surface area contributed by atoms with Gasteiger partial charge in [0.1, 0.15) is 0 Å². The van der Waals surface area contributed by atoms with Crippen molar-refractivity contribution in [2.75, 3.05) is 13.2 Å². The molecule has 0 bridgehead atoms. The van der Waals surface area contributed by atoms with Crippen LogP contribution in [-0.2, 0) is 0 Å². The molecule has 1 aromatic carbocycles. The molecule has 0 spiro atoms. The molecule has 0 saturated carbocycles. The Labute approximate surface area is 117 Å². The molecule has 0 amide bonds. The van der Waals surface area contributed by atoms with E-state index < -0.39 is 6.10 Å². The number of halogens is 1. The predicted octanol–water partition coefficient (Wildman–Crippen LogP) is 2.62. The van der Waals surface area contributed by atoms with Crippen LogP contribution >= 0.6 is 15.9 Å². The number of aliphatic hydroxyl groups is 2. The molecule has 18 heavy (non-hydrogen) atoms. The molecule has 0 aliphatic carbocycles. The summed E-state index contributed by atoms with van der Waals surface area (Å²) in [5.41, 5.74) is 0.765. The van der Waals surface area contributed by atoms with Gasteiger partial charge in [0.05, 0.1) is 6.10 Å². The molecule has 0 saturated heterocycles. The van der Waals surface area contributed by atoms with E-state index in [0.29, 0.717) is 13.0 Å². The Balaban J connectivity index is 2.57. The molecule has 1 aromatic rings. The van der Waals surface area contributed by atoms with E-state index in [1.807, 2.05) is 24.3 Å². The summed E-state index contributed by atoms with van der Waals surface area (Å²) in [7, 11) is 0. The Kier molecular flexibility index (Phi) is 6.29. The van der Waals surface area contributed by atoms with Crippen LogP contribution in [-0.4, -0.2) is 28.9 Å². The van der Waals surface area contributed by atoms with Crippen molar-refractivity contribution in [1.29, 1.82) is 0 Å². The third kappa shape index (κ3) is 4.69. The van der Waals surface area contributed by atoms with Gasteiger partial charge in [-0.3, -0.25) is 0 Å². The maximum absolute atomic E-state index is 10.1. The summed E-state index contributed by atoms with van der Waals surface area (Å²) in [5, 5.41) is 22.5. The second-order valence-electron chi connectivity index (χ2n) is 4.84. The summed E-state index contributed by atoms with van der Waals surface area (Å²) in [6.07, 6.45) is 1.07. The fraction of sp³-hybridized carbons (Fsp3) is 0.571. The fourth-order valence-electron chi connectivity index (χ4n) is 1.81. The lowest BCUT2D eigenvalue weighted by Crippen LogP contribution is -2.44. The lowest BCUT2D eigenvalue weighted by molar-refractivity contribution is 0.145. The minimum atomic E-state index is -0.535. The molecular weight excluding hydrogens is 294 g/mol. The smallest absolute Gasteiger partial charge is 0.0914 e. The first-order valence-electron chi connectivity index (χ1n) is 6.30. The van der Waals surface area contributed by atoms with E-state index in [0.717, 1.165) is 16.5 Å². The van der Waals surface area contributed by atoms with E-state index in [4.69, 9.17) is 5.11 Å². The molecule has 2 unspecified atom stereocenters. The van der Waals surface area contributed by atoms with Gasteiger partial charge in [0.15, 0.2) is 0 Å². The fourth-order valence-corrected chi connectivity index (χ4v) is 2.23. The van der Waals surface area contributed by atoms with Gasteiger partial charge >= 0.3 is 0 Å². The highest BCUT2D eigenvalue weighted by Gasteiger charge is 2.22. The summed E-state index contributed by atoms with van der Waals surface area (Å²) < 4.78 is 0.965. The second kappa shape index (κ2) is 7.24. The summed E-state index contributed by atoms with van der Waals surface area (Å²) in [6.45, 7) is 4.79. The molecule has 0 aliphatic rings. The second-order valence-corrected chi connectivity index (χ2v) is 5.76. The van der Waals surface area contributed by atoms with Crippen molar-refractivity contribution in [3.63, 3.8) is 0 Å². The van der Waals surface area contributed by atoms with Crippen LogP contribution in [0.3, 0.4) is 0 Å². The van der Waals surface area contributed by atoms with E-state index in [9.17, 15) is 5.11 Å². The van der Waals surface area contributed by atoms with Crippen molar-refractivity contribution >= 4 is 15.9 Å². The average molecular weight is 316 g/mol. The molecule has 3 N–H and O–H groups in total. The maximum atomic E-state index is 10.1. The van der Waals surface area contributed by atoms with Gasteiger partial charge in [0, 0.05) is 23.2 Å². The number of hydrogen-bond donors (Lipinski definition) is 3. The van der Waals surface area contributed by atoms with Gasteiger partial charge in [0.25, 0.3) is 0 Å². The minimum absolute atomic E-state index is 0.123. The molecular formula is C14H22BrNO2. The number of hydrogen-bond acceptors (Lipinski definition) is 3. The van der Waals surface area contributed by atoms with Crippen LogP contribution in [0.15, 0.2) is 28.7 Å². The Morgan fingerprint density at radius 2 is 2.17 bits per heavy atom. The molecule has 3 nitrogen and oxygen atoms in total. The van der Waals surface area contributed by atoms with Crippen molar-refractivity contribution in [3.8, 4) is 0 Å². The van der Waals surface area contributed by atoms with Crippen molar-refractivity contribution in [2.45, 2.75) is 38.3 Å². The van der Waals surface area contributed by atoms with Gasteiger partial charge in [-0.15, -0.1) is 0 Å². The van der Waals surface area contributed by atoms with Gasteiger partial charge in [-0.1, -0.05) is 35.0 Å². The molecule has 4 heteroatoms. The van der Waals surface area contributed by atoms with E-state index in [1.165, 1.54) is 0 Å². The van der Waals surface area contributed by atoms with Crippen molar-refractivity contribution < 1.29 is 10.2 Å². The van der Waals surface area contributed by atoms with Crippen molar-refractivity contribution in [3.05, 3.63) is 34.3 Å². The zero-order valence-electron chi connectivity index (χ0n) is 11.0. The molecule has 0 radical (unpaired) electrons. The minimum Gasteiger partial charge on any atom is -0.396 e. The molecule has 1 rings (SSSR count). The van der Waals surface area contributed by atoms with E-state index >= 15 is 0 Å². The van der Waals surface area contributed by atoms with Crippen LogP contribution in [0.4, 0.5) is 0 Å². The van der Waals surface area contributed by atoms with Gasteiger partial charge in [-0.05, 0) is 37.5 Å². The van der Waals surface area contributed by atoms with Gasteiger partial charge in [0.2, 0.25) is 0 Å². The average Bonchev–Trinajstić information content (AvgIpc) is 2.36. The highest BCUT2D eigenvalue weighted by molar-refractivity contribution is 9.10. The quantitative estimate of drug-likeness (QED) is 0.725. The lowest BCUT2D eigenvalue weighted by atomic mass is 9.94. The first-order valence-corrected chi connectivity index (χ1v) is 7.09. The number of β-amino-alcohol motifs (C(OH)–C–C–N with tert-alkyl or cyclic N) is 1. The summed E-state index contributed by atoms with van der Waals surface area (Å²) in [4.78, 5) is 0. The standard InChI is InChI=1S/C14H22BrNO2/c1-3-14(2,7-8-17)16-10-13(18)11-5-4-6-12(15)9-11/h4-6,9,13,16-18H,3,7-8,10H2,1-2H3. The number of benzene rings is 1. The molecule has 0 heterocycles. The topological polar surface area (TPSA) is 52.5 Å². The summed E-state index contributed by atoms with van der Waals surface area (Å²) >= 11 is 3.39. The number of rotatable bonds is 7. The van der Waals surface area contributed by atoms with Crippen LogP contribution in [0.25, 0.3) is 0 Å². The van der Waals surface area contributed by atoms with Gasteiger partial charge in [-0.25, -0.2) is 0 Å². The maximum Gasteiger partial charge on any atom is 0.0914 e. The van der Waals surface area contributed by atoms with Crippen LogP contribution in [0.1, 0.15) is 38.4 Å². The van der Waals surface area contributed by atoms with E-state index in [1.54, 1.807) is 0 Å². The van der Waals surface area contributed by atoms with Crippen LogP contribution < -0.4 is 5.32 Å². The van der Waals surface area contributed by atoms with Gasteiger partial charge in [-0.2, -0.15) is 0 Å². The highest BCUT2D eigenvalue weighted by atomic mass is 79.9. The van der Waals surface area contributed by atoms with Crippen LogP contribution in [0, 0.1) is 0 Å². The van der Waals surface area contributed by atoms with Crippen molar-refractivity contribution in [2.24, 2.45) is 0 Å². The Morgan fingerprint density at radius 1 is 1.44 bits per heavy atom. The summed E-state index contributed by atoms with van der Waals surface area (Å²) in [6, 6.07) is 7.68. The van der Waals surface area contributed by atoms with E-state index in [2.05, 4.69) is 35.1 Å². The molecule has 2 atom stereocenters. The largest absolute Gasteiger partial charge is 0.396 e. The SMILES string of the molecule is CCC(C)(CCO)NCC(O)c1cccc(Br)c1. The van der Waals surface area contributed by atoms with Gasteiger partial charge < -0.3 is 15.5 Å².